The number of nitrogens with one attached hydrogen (secondary N) is 1. The Morgan fingerprint density at radius 3 is 2.76 bits per heavy atom. The van der Waals surface area contributed by atoms with Crippen molar-refractivity contribution < 1.29 is 0 Å². The normalized spacial score (nSPS) is 10.8. The van der Waals surface area contributed by atoms with E-state index < -0.39 is 0 Å². The summed E-state index contributed by atoms with van der Waals surface area (Å²) in [6.07, 6.45) is 1.80. The number of rotatable bonds is 4. The van der Waals surface area contributed by atoms with Crippen molar-refractivity contribution in [1.82, 2.24) is 4.98 Å². The second-order valence-corrected chi connectivity index (χ2v) is 6.47. The van der Waals surface area contributed by atoms with Crippen LogP contribution < -0.4 is 10.2 Å². The smallest absolute Gasteiger partial charge is 0.151 e. The zero-order valence-corrected chi connectivity index (χ0v) is 13.5. The van der Waals surface area contributed by atoms with E-state index in [-0.39, 0.29) is 0 Å². The Morgan fingerprint density at radius 2 is 2.00 bits per heavy atom. The van der Waals surface area contributed by atoms with Crippen LogP contribution in [0.1, 0.15) is 4.88 Å². The predicted octanol–water partition coefficient (Wildman–Crippen LogP) is 4.63. The molecule has 0 saturated heterocycles. The van der Waals surface area contributed by atoms with Crippen LogP contribution in [0.5, 0.6) is 0 Å². The molecule has 0 spiro atoms. The third-order valence-corrected chi connectivity index (χ3v) is 4.97. The second kappa shape index (κ2) is 5.92. The summed E-state index contributed by atoms with van der Waals surface area (Å²) >= 11 is 8.20. The molecule has 0 atom stereocenters. The minimum atomic E-state index is 0.699. The fourth-order valence-electron chi connectivity index (χ4n) is 2.25. The molecule has 0 aliphatic heterocycles. The predicted molar refractivity (Wildman–Crippen MR) is 92.7 cm³/mol. The Morgan fingerprint density at radius 1 is 1.19 bits per heavy atom. The summed E-state index contributed by atoms with van der Waals surface area (Å²) < 4.78 is 1.22. The maximum atomic E-state index is 6.47. The summed E-state index contributed by atoms with van der Waals surface area (Å²) in [5.74, 6) is 0.926. The Bertz CT molecular complexity index is 767. The van der Waals surface area contributed by atoms with E-state index in [4.69, 9.17) is 11.6 Å². The van der Waals surface area contributed by atoms with E-state index in [2.05, 4.69) is 22.4 Å². The summed E-state index contributed by atoms with van der Waals surface area (Å²) in [4.78, 5) is 7.53. The number of hydrogen-bond donors (Lipinski definition) is 1. The molecule has 3 rings (SSSR count). The lowest BCUT2D eigenvalue weighted by atomic mass is 10.2. The molecule has 2 heterocycles. The Kier molecular flexibility index (Phi) is 3.99. The first-order valence-corrected chi connectivity index (χ1v) is 7.88. The van der Waals surface area contributed by atoms with Crippen LogP contribution in [-0.2, 0) is 6.54 Å². The molecule has 3 aromatic rings. The number of benzene rings is 1. The standard InChI is InChI=1S/C16H16ClN3S/c1-20(2)16-12(7-5-9-18-16)19-10-14-15(17)11-6-3-4-8-13(11)21-14/h3-9,19H,10H2,1-2H3. The first kappa shape index (κ1) is 14.2. The van der Waals surface area contributed by atoms with Crippen LogP contribution in [0.2, 0.25) is 5.02 Å². The fourth-order valence-corrected chi connectivity index (χ4v) is 3.68. The summed E-state index contributed by atoms with van der Waals surface area (Å²) in [6, 6.07) is 12.2. The lowest BCUT2D eigenvalue weighted by Gasteiger charge is -2.16. The minimum Gasteiger partial charge on any atom is -0.377 e. The monoisotopic (exact) mass is 317 g/mol. The molecule has 0 aliphatic rings. The summed E-state index contributed by atoms with van der Waals surface area (Å²) in [5, 5.41) is 5.41. The van der Waals surface area contributed by atoms with Crippen molar-refractivity contribution in [2.75, 3.05) is 24.3 Å². The van der Waals surface area contributed by atoms with Crippen LogP contribution in [0.15, 0.2) is 42.6 Å². The molecule has 21 heavy (non-hydrogen) atoms. The molecule has 108 valence electrons. The zero-order valence-electron chi connectivity index (χ0n) is 11.9. The third kappa shape index (κ3) is 2.82. The average Bonchev–Trinajstić information content (AvgIpc) is 2.82. The van der Waals surface area contributed by atoms with E-state index in [1.165, 1.54) is 4.70 Å². The summed E-state index contributed by atoms with van der Waals surface area (Å²) in [5.41, 5.74) is 1.01. The number of hydrogen-bond acceptors (Lipinski definition) is 4. The van der Waals surface area contributed by atoms with Gasteiger partial charge in [-0.05, 0) is 18.2 Å². The number of fused-ring (bicyclic) bond motifs is 1. The van der Waals surface area contributed by atoms with Gasteiger partial charge in [0.1, 0.15) is 0 Å². The van der Waals surface area contributed by atoms with Crippen LogP contribution in [-0.4, -0.2) is 19.1 Å². The number of aromatic nitrogens is 1. The second-order valence-electron chi connectivity index (χ2n) is 4.96. The fraction of sp³-hybridized carbons (Fsp3) is 0.188. The highest BCUT2D eigenvalue weighted by Gasteiger charge is 2.11. The van der Waals surface area contributed by atoms with Crippen LogP contribution >= 0.6 is 22.9 Å². The molecule has 5 heteroatoms. The molecule has 1 aromatic carbocycles. The molecule has 3 nitrogen and oxygen atoms in total. The number of halogens is 1. The highest BCUT2D eigenvalue weighted by Crippen LogP contribution is 2.35. The van der Waals surface area contributed by atoms with Gasteiger partial charge in [0.25, 0.3) is 0 Å². The highest BCUT2D eigenvalue weighted by atomic mass is 35.5. The first-order valence-electron chi connectivity index (χ1n) is 6.69. The van der Waals surface area contributed by atoms with Gasteiger partial charge in [0.2, 0.25) is 0 Å². The van der Waals surface area contributed by atoms with Crippen LogP contribution in [0.4, 0.5) is 11.5 Å². The first-order chi connectivity index (χ1) is 10.2. The van der Waals surface area contributed by atoms with Crippen molar-refractivity contribution in [3.63, 3.8) is 0 Å². The lowest BCUT2D eigenvalue weighted by molar-refractivity contribution is 1.05. The van der Waals surface area contributed by atoms with Crippen LogP contribution in [0.3, 0.4) is 0 Å². The van der Waals surface area contributed by atoms with Crippen LogP contribution in [0.25, 0.3) is 10.1 Å². The minimum absolute atomic E-state index is 0.699. The van der Waals surface area contributed by atoms with Gasteiger partial charge >= 0.3 is 0 Å². The molecule has 0 radical (unpaired) electrons. The molecule has 2 aromatic heterocycles. The van der Waals surface area contributed by atoms with Crippen molar-refractivity contribution in [3.05, 3.63) is 52.5 Å². The highest BCUT2D eigenvalue weighted by molar-refractivity contribution is 7.19. The summed E-state index contributed by atoms with van der Waals surface area (Å²) in [6.45, 7) is 0.699. The lowest BCUT2D eigenvalue weighted by Crippen LogP contribution is -2.13. The van der Waals surface area contributed by atoms with Gasteiger partial charge in [-0.15, -0.1) is 11.3 Å². The van der Waals surface area contributed by atoms with E-state index in [1.807, 2.05) is 43.3 Å². The SMILES string of the molecule is CN(C)c1ncccc1NCc1sc2ccccc2c1Cl. The van der Waals surface area contributed by atoms with E-state index in [1.54, 1.807) is 17.5 Å². The van der Waals surface area contributed by atoms with Crippen molar-refractivity contribution in [3.8, 4) is 0 Å². The number of pyridine rings is 1. The largest absolute Gasteiger partial charge is 0.377 e. The number of thiophene rings is 1. The Labute approximate surface area is 133 Å². The Balaban J connectivity index is 1.85. The maximum absolute atomic E-state index is 6.47. The van der Waals surface area contributed by atoms with Crippen molar-refractivity contribution in [1.29, 1.82) is 0 Å². The van der Waals surface area contributed by atoms with Gasteiger partial charge in [0.15, 0.2) is 5.82 Å². The van der Waals surface area contributed by atoms with Gasteiger partial charge in [-0.2, -0.15) is 0 Å². The van der Waals surface area contributed by atoms with Crippen molar-refractivity contribution >= 4 is 44.5 Å². The van der Waals surface area contributed by atoms with E-state index >= 15 is 0 Å². The Hall–Kier alpha value is -1.78. The topological polar surface area (TPSA) is 28.2 Å². The van der Waals surface area contributed by atoms with E-state index in [9.17, 15) is 0 Å². The van der Waals surface area contributed by atoms with Gasteiger partial charge in [0, 0.05) is 35.3 Å². The van der Waals surface area contributed by atoms with Crippen LogP contribution in [0, 0.1) is 0 Å². The molecular weight excluding hydrogens is 302 g/mol. The van der Waals surface area contributed by atoms with Gasteiger partial charge in [-0.25, -0.2) is 4.98 Å². The molecule has 0 bridgehead atoms. The quantitative estimate of drug-likeness (QED) is 0.760. The average molecular weight is 318 g/mol. The summed E-state index contributed by atoms with van der Waals surface area (Å²) in [7, 11) is 3.97. The van der Waals surface area contributed by atoms with Gasteiger partial charge < -0.3 is 10.2 Å². The van der Waals surface area contributed by atoms with Gasteiger partial charge in [0.05, 0.1) is 17.3 Å². The molecule has 1 N–H and O–H groups in total. The molecule has 0 amide bonds. The zero-order chi connectivity index (χ0) is 14.8. The van der Waals surface area contributed by atoms with Gasteiger partial charge in [-0.3, -0.25) is 0 Å². The third-order valence-electron chi connectivity index (χ3n) is 3.25. The van der Waals surface area contributed by atoms with Crippen molar-refractivity contribution in [2.45, 2.75) is 6.54 Å². The molecular formula is C16H16ClN3S. The van der Waals surface area contributed by atoms with E-state index in [0.29, 0.717) is 6.54 Å². The molecule has 0 saturated carbocycles. The molecule has 0 aliphatic carbocycles. The molecule has 0 fully saturated rings. The number of nitrogens with zero attached hydrogens (tertiary/aromatic N) is 2. The van der Waals surface area contributed by atoms with Gasteiger partial charge in [-0.1, -0.05) is 29.8 Å². The number of anilines is 2. The van der Waals surface area contributed by atoms with Crippen molar-refractivity contribution in [2.24, 2.45) is 0 Å². The van der Waals surface area contributed by atoms with E-state index in [0.717, 1.165) is 26.8 Å². The molecule has 0 unspecified atom stereocenters. The maximum Gasteiger partial charge on any atom is 0.151 e.